The normalized spacial score (nSPS) is 13.4. The van der Waals surface area contributed by atoms with E-state index in [0.717, 1.165) is 0 Å². The first-order chi connectivity index (χ1) is 8.80. The van der Waals surface area contributed by atoms with Gasteiger partial charge in [0.1, 0.15) is 0 Å². The molecule has 3 N–H and O–H groups in total. The molecule has 1 rings (SSSR count). The lowest BCUT2D eigenvalue weighted by Gasteiger charge is -2.19. The Hall–Kier alpha value is -1.44. The molecule has 1 unspecified atom stereocenters. The Labute approximate surface area is 113 Å². The summed E-state index contributed by atoms with van der Waals surface area (Å²) in [7, 11) is -3.74. The minimum Gasteiger partial charge on any atom is -0.481 e. The zero-order valence-corrected chi connectivity index (χ0v) is 11.6. The standard InChI is InChI=1S/C12H18N2O4S/c1-9(2)13-19(17,18)14-11(8-12(15)16)10-6-4-3-5-7-10/h3-7,9,11,13-14H,8H2,1-2H3,(H,15,16). The van der Waals surface area contributed by atoms with Crippen LogP contribution in [-0.2, 0) is 15.0 Å². The molecule has 0 amide bonds. The average molecular weight is 286 g/mol. The average Bonchev–Trinajstić information content (AvgIpc) is 2.26. The Balaban J connectivity index is 2.90. The molecule has 0 aromatic heterocycles. The van der Waals surface area contributed by atoms with E-state index in [0.29, 0.717) is 5.56 Å². The lowest BCUT2D eigenvalue weighted by Crippen LogP contribution is -2.42. The summed E-state index contributed by atoms with van der Waals surface area (Å²) in [6.45, 7) is 3.38. The highest BCUT2D eigenvalue weighted by atomic mass is 32.2. The maximum Gasteiger partial charge on any atom is 0.305 e. The van der Waals surface area contributed by atoms with E-state index in [2.05, 4.69) is 9.44 Å². The second-order valence-corrected chi connectivity index (χ2v) is 5.93. The largest absolute Gasteiger partial charge is 0.481 e. The van der Waals surface area contributed by atoms with Crippen LogP contribution in [0.4, 0.5) is 0 Å². The van der Waals surface area contributed by atoms with E-state index in [1.54, 1.807) is 44.2 Å². The maximum atomic E-state index is 11.8. The van der Waals surface area contributed by atoms with E-state index in [-0.39, 0.29) is 12.5 Å². The summed E-state index contributed by atoms with van der Waals surface area (Å²) in [6, 6.07) is 7.55. The van der Waals surface area contributed by atoms with E-state index in [1.165, 1.54) is 0 Å². The van der Waals surface area contributed by atoms with Crippen LogP contribution in [0.2, 0.25) is 0 Å². The van der Waals surface area contributed by atoms with Crippen LogP contribution in [0, 0.1) is 0 Å². The molecule has 0 aliphatic rings. The molecule has 6 nitrogen and oxygen atoms in total. The van der Waals surface area contributed by atoms with Gasteiger partial charge in [-0.25, -0.2) is 0 Å². The molecule has 0 spiro atoms. The van der Waals surface area contributed by atoms with Crippen molar-refractivity contribution in [2.24, 2.45) is 0 Å². The van der Waals surface area contributed by atoms with E-state index >= 15 is 0 Å². The molecule has 0 radical (unpaired) electrons. The van der Waals surface area contributed by atoms with Gasteiger partial charge in [0.2, 0.25) is 0 Å². The zero-order valence-electron chi connectivity index (χ0n) is 10.8. The lowest BCUT2D eigenvalue weighted by molar-refractivity contribution is -0.137. The van der Waals surface area contributed by atoms with Gasteiger partial charge in [-0.1, -0.05) is 30.3 Å². The van der Waals surface area contributed by atoms with Crippen molar-refractivity contribution in [3.63, 3.8) is 0 Å². The number of carboxylic acids is 1. The first-order valence-corrected chi connectivity index (χ1v) is 7.35. The monoisotopic (exact) mass is 286 g/mol. The van der Waals surface area contributed by atoms with Crippen molar-refractivity contribution in [3.05, 3.63) is 35.9 Å². The van der Waals surface area contributed by atoms with E-state index in [9.17, 15) is 13.2 Å². The number of nitrogens with one attached hydrogen (secondary N) is 2. The number of hydrogen-bond acceptors (Lipinski definition) is 3. The van der Waals surface area contributed by atoms with E-state index in [1.807, 2.05) is 0 Å². The van der Waals surface area contributed by atoms with Gasteiger partial charge < -0.3 is 5.11 Å². The smallest absolute Gasteiger partial charge is 0.305 e. The quantitative estimate of drug-likeness (QED) is 0.697. The Morgan fingerprint density at radius 2 is 1.79 bits per heavy atom. The number of carbonyl (C=O) groups is 1. The summed E-state index contributed by atoms with van der Waals surface area (Å²) in [4.78, 5) is 10.8. The molecule has 0 fully saturated rings. The number of hydrogen-bond donors (Lipinski definition) is 3. The predicted octanol–water partition coefficient (Wildman–Crippen LogP) is 1.03. The highest BCUT2D eigenvalue weighted by molar-refractivity contribution is 7.87. The zero-order chi connectivity index (χ0) is 14.5. The lowest BCUT2D eigenvalue weighted by atomic mass is 10.1. The van der Waals surface area contributed by atoms with Crippen molar-refractivity contribution >= 4 is 16.2 Å². The molecule has 1 aromatic rings. The van der Waals surface area contributed by atoms with Crippen LogP contribution in [0.5, 0.6) is 0 Å². The Morgan fingerprint density at radius 3 is 2.26 bits per heavy atom. The van der Waals surface area contributed by atoms with Crippen molar-refractivity contribution in [1.82, 2.24) is 9.44 Å². The Morgan fingerprint density at radius 1 is 1.21 bits per heavy atom. The molecule has 19 heavy (non-hydrogen) atoms. The van der Waals surface area contributed by atoms with Gasteiger partial charge in [-0.2, -0.15) is 17.9 Å². The van der Waals surface area contributed by atoms with Gasteiger partial charge >= 0.3 is 5.97 Å². The minimum absolute atomic E-state index is 0.265. The van der Waals surface area contributed by atoms with Crippen LogP contribution in [-0.4, -0.2) is 25.5 Å². The summed E-state index contributed by atoms with van der Waals surface area (Å²) < 4.78 is 28.3. The highest BCUT2D eigenvalue weighted by Crippen LogP contribution is 2.17. The van der Waals surface area contributed by atoms with Crippen LogP contribution in [0.3, 0.4) is 0 Å². The third kappa shape index (κ3) is 5.82. The molecular formula is C12H18N2O4S. The second-order valence-electron chi connectivity index (χ2n) is 4.45. The van der Waals surface area contributed by atoms with Crippen LogP contribution < -0.4 is 9.44 Å². The second kappa shape index (κ2) is 6.65. The molecule has 0 aliphatic carbocycles. The van der Waals surface area contributed by atoms with Crippen LogP contribution >= 0.6 is 0 Å². The van der Waals surface area contributed by atoms with Crippen molar-refractivity contribution in [1.29, 1.82) is 0 Å². The topological polar surface area (TPSA) is 95.5 Å². The first kappa shape index (κ1) is 15.6. The van der Waals surface area contributed by atoms with Crippen molar-refractivity contribution < 1.29 is 18.3 Å². The summed E-state index contributed by atoms with van der Waals surface area (Å²) in [6.07, 6.45) is -0.316. The SMILES string of the molecule is CC(C)NS(=O)(=O)NC(CC(=O)O)c1ccccc1. The minimum atomic E-state index is -3.74. The molecular weight excluding hydrogens is 268 g/mol. The van der Waals surface area contributed by atoms with Gasteiger partial charge in [0, 0.05) is 6.04 Å². The first-order valence-electron chi connectivity index (χ1n) is 5.86. The number of benzene rings is 1. The highest BCUT2D eigenvalue weighted by Gasteiger charge is 2.22. The van der Waals surface area contributed by atoms with Crippen molar-refractivity contribution in [2.75, 3.05) is 0 Å². The molecule has 1 atom stereocenters. The molecule has 1 aromatic carbocycles. The van der Waals surface area contributed by atoms with Gasteiger partial charge in [0.25, 0.3) is 10.2 Å². The van der Waals surface area contributed by atoms with Gasteiger partial charge in [0.15, 0.2) is 0 Å². The number of aliphatic carboxylic acids is 1. The van der Waals surface area contributed by atoms with E-state index in [4.69, 9.17) is 5.11 Å². The third-order valence-electron chi connectivity index (χ3n) is 2.27. The van der Waals surface area contributed by atoms with Gasteiger partial charge in [0.05, 0.1) is 12.5 Å². The van der Waals surface area contributed by atoms with Gasteiger partial charge in [-0.05, 0) is 19.4 Å². The molecule has 106 valence electrons. The fourth-order valence-electron chi connectivity index (χ4n) is 1.62. The summed E-state index contributed by atoms with van der Waals surface area (Å²) in [5.74, 6) is -1.07. The molecule has 0 saturated carbocycles. The fourth-order valence-corrected chi connectivity index (χ4v) is 2.90. The molecule has 7 heteroatoms. The molecule has 0 saturated heterocycles. The molecule has 0 bridgehead atoms. The Kier molecular flexibility index (Phi) is 5.46. The van der Waals surface area contributed by atoms with Crippen molar-refractivity contribution in [3.8, 4) is 0 Å². The van der Waals surface area contributed by atoms with Crippen molar-refractivity contribution in [2.45, 2.75) is 32.4 Å². The predicted molar refractivity (Wildman–Crippen MR) is 71.8 cm³/mol. The third-order valence-corrected chi connectivity index (χ3v) is 3.65. The maximum absolute atomic E-state index is 11.8. The van der Waals surface area contributed by atoms with Crippen LogP contribution in [0.1, 0.15) is 31.9 Å². The molecule has 0 heterocycles. The van der Waals surface area contributed by atoms with Gasteiger partial charge in [-0.15, -0.1) is 0 Å². The number of carboxylic acid groups (broad SMARTS) is 1. The molecule has 0 aliphatic heterocycles. The summed E-state index contributed by atoms with van der Waals surface area (Å²) in [5, 5.41) is 8.87. The van der Waals surface area contributed by atoms with Crippen LogP contribution in [0.15, 0.2) is 30.3 Å². The fraction of sp³-hybridized carbons (Fsp3) is 0.417. The van der Waals surface area contributed by atoms with Crippen LogP contribution in [0.25, 0.3) is 0 Å². The van der Waals surface area contributed by atoms with E-state index < -0.39 is 22.2 Å². The number of rotatable bonds is 7. The Bertz CT molecular complexity index is 514. The summed E-state index contributed by atoms with van der Waals surface area (Å²) >= 11 is 0. The summed E-state index contributed by atoms with van der Waals surface area (Å²) in [5.41, 5.74) is 0.610. The van der Waals surface area contributed by atoms with Gasteiger partial charge in [-0.3, -0.25) is 4.79 Å².